The van der Waals surface area contributed by atoms with Crippen LogP contribution in [0.5, 0.6) is 5.75 Å². The van der Waals surface area contributed by atoms with Crippen molar-refractivity contribution in [3.05, 3.63) is 29.8 Å². The van der Waals surface area contributed by atoms with Crippen LogP contribution in [-0.4, -0.2) is 43.9 Å². The molecule has 0 radical (unpaired) electrons. The smallest absolute Gasteiger partial charge is 0.306 e. The maximum atomic E-state index is 11.8. The van der Waals surface area contributed by atoms with Crippen molar-refractivity contribution in [2.45, 2.75) is 12.5 Å². The molecule has 0 spiro atoms. The van der Waals surface area contributed by atoms with Gasteiger partial charge in [0.1, 0.15) is 5.75 Å². The van der Waals surface area contributed by atoms with Crippen LogP contribution in [0.1, 0.15) is 16.8 Å². The quantitative estimate of drug-likeness (QED) is 0.767. The molecule has 0 fully saturated rings. The van der Waals surface area contributed by atoms with E-state index in [1.165, 1.54) is 14.2 Å². The lowest BCUT2D eigenvalue weighted by atomic mass is 10.2. The highest BCUT2D eigenvalue weighted by Crippen LogP contribution is 2.12. The van der Waals surface area contributed by atoms with Crippen molar-refractivity contribution in [3.8, 4) is 5.75 Å². The predicted octanol–water partition coefficient (Wildman–Crippen LogP) is 0.915. The molecule has 1 rings (SSSR count). The van der Waals surface area contributed by atoms with E-state index in [1.54, 1.807) is 24.3 Å². The molecule has 0 aliphatic carbocycles. The Hall–Kier alpha value is -2.08. The zero-order valence-corrected chi connectivity index (χ0v) is 10.9. The standard InChI is InChI=1S/C13H17NO5/c1-18-10-5-3-4-9(6-10)13(17)14-8-11(19-2)7-12(15)16/h3-6,11H,7-8H2,1-2H3,(H,14,17)(H,15,16). The number of aliphatic carboxylic acids is 1. The summed E-state index contributed by atoms with van der Waals surface area (Å²) in [6.45, 7) is 0.138. The van der Waals surface area contributed by atoms with E-state index in [4.69, 9.17) is 14.6 Å². The molecule has 6 nitrogen and oxygen atoms in total. The summed E-state index contributed by atoms with van der Waals surface area (Å²) < 4.78 is 9.99. The van der Waals surface area contributed by atoms with Gasteiger partial charge in [-0.15, -0.1) is 0 Å². The van der Waals surface area contributed by atoms with Gasteiger partial charge in [0.25, 0.3) is 5.91 Å². The predicted molar refractivity (Wildman–Crippen MR) is 68.4 cm³/mol. The van der Waals surface area contributed by atoms with Crippen LogP contribution in [0.4, 0.5) is 0 Å². The minimum absolute atomic E-state index is 0.138. The lowest BCUT2D eigenvalue weighted by Gasteiger charge is -2.14. The topological polar surface area (TPSA) is 84.9 Å². The Kier molecular flexibility index (Phi) is 5.81. The van der Waals surface area contributed by atoms with Gasteiger partial charge in [-0.3, -0.25) is 9.59 Å². The number of carboxylic acids is 1. The van der Waals surface area contributed by atoms with Crippen LogP contribution in [0.15, 0.2) is 24.3 Å². The molecule has 0 saturated carbocycles. The van der Waals surface area contributed by atoms with Crippen LogP contribution in [0.25, 0.3) is 0 Å². The summed E-state index contributed by atoms with van der Waals surface area (Å²) in [6.07, 6.45) is -0.707. The van der Waals surface area contributed by atoms with E-state index in [9.17, 15) is 9.59 Å². The zero-order chi connectivity index (χ0) is 14.3. The van der Waals surface area contributed by atoms with Crippen LogP contribution >= 0.6 is 0 Å². The van der Waals surface area contributed by atoms with Crippen molar-refractivity contribution in [3.63, 3.8) is 0 Å². The Morgan fingerprint density at radius 2 is 2.11 bits per heavy atom. The second-order valence-corrected chi connectivity index (χ2v) is 3.90. The number of hydrogen-bond donors (Lipinski definition) is 2. The summed E-state index contributed by atoms with van der Waals surface area (Å²) >= 11 is 0. The number of nitrogens with one attached hydrogen (secondary N) is 1. The van der Waals surface area contributed by atoms with Crippen LogP contribution in [0.3, 0.4) is 0 Å². The minimum Gasteiger partial charge on any atom is -0.497 e. The third-order valence-corrected chi connectivity index (χ3v) is 2.56. The highest BCUT2D eigenvalue weighted by molar-refractivity contribution is 5.94. The van der Waals surface area contributed by atoms with Gasteiger partial charge >= 0.3 is 5.97 Å². The first-order valence-corrected chi connectivity index (χ1v) is 5.73. The molecule has 0 aliphatic rings. The second-order valence-electron chi connectivity index (χ2n) is 3.90. The number of ether oxygens (including phenoxy) is 2. The Morgan fingerprint density at radius 1 is 1.37 bits per heavy atom. The lowest BCUT2D eigenvalue weighted by molar-refractivity contribution is -0.139. The van der Waals surface area contributed by atoms with Gasteiger partial charge in [-0.2, -0.15) is 0 Å². The maximum Gasteiger partial charge on any atom is 0.306 e. The van der Waals surface area contributed by atoms with E-state index in [-0.39, 0.29) is 18.9 Å². The first-order chi connectivity index (χ1) is 9.06. The molecular formula is C13H17NO5. The molecule has 6 heteroatoms. The molecular weight excluding hydrogens is 250 g/mol. The normalized spacial score (nSPS) is 11.7. The molecule has 1 atom stereocenters. The highest BCUT2D eigenvalue weighted by atomic mass is 16.5. The van der Waals surface area contributed by atoms with Crippen molar-refractivity contribution in [1.29, 1.82) is 0 Å². The molecule has 0 heterocycles. The zero-order valence-electron chi connectivity index (χ0n) is 10.9. The van der Waals surface area contributed by atoms with Gasteiger partial charge < -0.3 is 19.9 Å². The average Bonchev–Trinajstić information content (AvgIpc) is 2.42. The van der Waals surface area contributed by atoms with E-state index in [0.717, 1.165) is 0 Å². The van der Waals surface area contributed by atoms with Crippen molar-refractivity contribution in [2.24, 2.45) is 0 Å². The van der Waals surface area contributed by atoms with Crippen molar-refractivity contribution in [1.82, 2.24) is 5.32 Å². The SMILES string of the molecule is COc1cccc(C(=O)NCC(CC(=O)O)OC)c1. The Morgan fingerprint density at radius 3 is 2.68 bits per heavy atom. The molecule has 19 heavy (non-hydrogen) atoms. The first-order valence-electron chi connectivity index (χ1n) is 5.73. The molecule has 0 aromatic heterocycles. The Bertz CT molecular complexity index is 446. The lowest BCUT2D eigenvalue weighted by Crippen LogP contribution is -2.34. The number of carboxylic acid groups (broad SMARTS) is 1. The van der Waals surface area contributed by atoms with Crippen LogP contribution < -0.4 is 10.1 Å². The van der Waals surface area contributed by atoms with Gasteiger partial charge in [0.05, 0.1) is 19.6 Å². The summed E-state index contributed by atoms with van der Waals surface area (Å²) in [7, 11) is 2.93. The van der Waals surface area contributed by atoms with Crippen LogP contribution in [0, 0.1) is 0 Å². The number of rotatable bonds is 7. The Labute approximate surface area is 111 Å². The second kappa shape index (κ2) is 7.38. The summed E-state index contributed by atoms with van der Waals surface area (Å²) in [4.78, 5) is 22.4. The van der Waals surface area contributed by atoms with E-state index >= 15 is 0 Å². The molecule has 1 aromatic rings. The van der Waals surface area contributed by atoms with Crippen molar-refractivity contribution < 1.29 is 24.2 Å². The number of carbonyl (C=O) groups excluding carboxylic acids is 1. The average molecular weight is 267 g/mol. The molecule has 2 N–H and O–H groups in total. The number of carbonyl (C=O) groups is 2. The van der Waals surface area contributed by atoms with Gasteiger partial charge in [-0.1, -0.05) is 6.07 Å². The number of amides is 1. The molecule has 104 valence electrons. The molecule has 1 unspecified atom stereocenters. The van der Waals surface area contributed by atoms with E-state index in [0.29, 0.717) is 11.3 Å². The third-order valence-electron chi connectivity index (χ3n) is 2.56. The van der Waals surface area contributed by atoms with Gasteiger partial charge in [0.15, 0.2) is 0 Å². The monoisotopic (exact) mass is 267 g/mol. The van der Waals surface area contributed by atoms with Gasteiger partial charge in [-0.05, 0) is 18.2 Å². The number of benzene rings is 1. The summed E-state index contributed by atoms with van der Waals surface area (Å²) in [5.74, 6) is -0.685. The van der Waals surface area contributed by atoms with E-state index in [2.05, 4.69) is 5.32 Å². The molecule has 1 amide bonds. The van der Waals surface area contributed by atoms with Crippen molar-refractivity contribution in [2.75, 3.05) is 20.8 Å². The van der Waals surface area contributed by atoms with Gasteiger partial charge in [-0.25, -0.2) is 0 Å². The number of methoxy groups -OCH3 is 2. The van der Waals surface area contributed by atoms with Crippen LogP contribution in [-0.2, 0) is 9.53 Å². The van der Waals surface area contributed by atoms with Gasteiger partial charge in [0, 0.05) is 19.2 Å². The van der Waals surface area contributed by atoms with E-state index < -0.39 is 12.1 Å². The van der Waals surface area contributed by atoms with E-state index in [1.807, 2.05) is 0 Å². The van der Waals surface area contributed by atoms with Crippen LogP contribution in [0.2, 0.25) is 0 Å². The summed E-state index contributed by atoms with van der Waals surface area (Å²) in [5, 5.41) is 11.3. The molecule has 0 saturated heterocycles. The molecule has 1 aromatic carbocycles. The fourth-order valence-electron chi connectivity index (χ4n) is 1.51. The van der Waals surface area contributed by atoms with Gasteiger partial charge in [0.2, 0.25) is 0 Å². The highest BCUT2D eigenvalue weighted by Gasteiger charge is 2.14. The Balaban J connectivity index is 2.56. The third kappa shape index (κ3) is 4.97. The minimum atomic E-state index is -0.970. The molecule has 0 bridgehead atoms. The summed E-state index contributed by atoms with van der Waals surface area (Å²) in [5.41, 5.74) is 0.449. The fraction of sp³-hybridized carbons (Fsp3) is 0.385. The number of hydrogen-bond acceptors (Lipinski definition) is 4. The maximum absolute atomic E-state index is 11.8. The summed E-state index contributed by atoms with van der Waals surface area (Å²) in [6, 6.07) is 6.70. The largest absolute Gasteiger partial charge is 0.497 e. The molecule has 0 aliphatic heterocycles. The fourth-order valence-corrected chi connectivity index (χ4v) is 1.51. The van der Waals surface area contributed by atoms with Crippen molar-refractivity contribution >= 4 is 11.9 Å². The first kappa shape index (κ1) is 15.0.